The van der Waals surface area contributed by atoms with Gasteiger partial charge < -0.3 is 15.8 Å². The van der Waals surface area contributed by atoms with Crippen molar-refractivity contribution in [3.05, 3.63) is 0 Å². The fraction of sp³-hybridized carbons (Fsp3) is 0.800. The lowest BCUT2D eigenvalue weighted by Gasteiger charge is -2.09. The Hall–Kier alpha value is -0.810. The van der Waals surface area contributed by atoms with Gasteiger partial charge in [0.15, 0.2) is 0 Å². The number of carbonyl (C=O) groups is 2. The first-order chi connectivity index (χ1) is 7.13. The van der Waals surface area contributed by atoms with Gasteiger partial charge in [0.2, 0.25) is 5.91 Å². The van der Waals surface area contributed by atoms with Crippen LogP contribution in [0.1, 0.15) is 26.2 Å². The van der Waals surface area contributed by atoms with E-state index in [2.05, 4.69) is 5.32 Å². The molecule has 2 unspecified atom stereocenters. The van der Waals surface area contributed by atoms with Crippen LogP contribution >= 0.6 is 12.4 Å². The van der Waals surface area contributed by atoms with Crippen LogP contribution in [0.15, 0.2) is 0 Å². The van der Waals surface area contributed by atoms with Crippen LogP contribution in [-0.2, 0) is 14.3 Å². The van der Waals surface area contributed by atoms with Gasteiger partial charge >= 0.3 is 5.97 Å². The highest BCUT2D eigenvalue weighted by Crippen LogP contribution is 2.23. The second kappa shape index (κ2) is 7.46. The molecule has 16 heavy (non-hydrogen) atoms. The van der Waals surface area contributed by atoms with Gasteiger partial charge in [-0.15, -0.1) is 12.4 Å². The summed E-state index contributed by atoms with van der Waals surface area (Å²) in [5, 5.41) is 2.56. The van der Waals surface area contributed by atoms with Gasteiger partial charge in [-0.05, 0) is 26.2 Å². The summed E-state index contributed by atoms with van der Waals surface area (Å²) in [6.45, 7) is 2.02. The van der Waals surface area contributed by atoms with Crippen molar-refractivity contribution in [2.75, 3.05) is 13.2 Å². The average Bonchev–Trinajstić information content (AvgIpc) is 2.62. The number of ether oxygens (including phenoxy) is 1. The highest BCUT2D eigenvalue weighted by molar-refractivity contribution is 5.85. The fourth-order valence-electron chi connectivity index (χ4n) is 1.77. The number of amides is 1. The highest BCUT2D eigenvalue weighted by Gasteiger charge is 2.27. The fourth-order valence-corrected chi connectivity index (χ4v) is 1.77. The second-order valence-electron chi connectivity index (χ2n) is 3.79. The van der Waals surface area contributed by atoms with Gasteiger partial charge in [-0.25, -0.2) is 0 Å². The van der Waals surface area contributed by atoms with Gasteiger partial charge in [0.05, 0.1) is 6.61 Å². The predicted octanol–water partition coefficient (Wildman–Crippen LogP) is 0.215. The maximum atomic E-state index is 11.5. The van der Waals surface area contributed by atoms with Crippen LogP contribution in [0.25, 0.3) is 0 Å². The van der Waals surface area contributed by atoms with Crippen molar-refractivity contribution in [1.29, 1.82) is 0 Å². The van der Waals surface area contributed by atoms with Crippen molar-refractivity contribution < 1.29 is 14.3 Å². The molecule has 3 N–H and O–H groups in total. The largest absolute Gasteiger partial charge is 0.465 e. The van der Waals surface area contributed by atoms with Crippen LogP contribution in [0.4, 0.5) is 0 Å². The zero-order chi connectivity index (χ0) is 11.3. The molecule has 0 aromatic rings. The SMILES string of the molecule is CCOC(=O)CNC(=O)C1CCC(N)C1.Cl. The zero-order valence-corrected chi connectivity index (χ0v) is 10.2. The zero-order valence-electron chi connectivity index (χ0n) is 9.40. The number of esters is 1. The van der Waals surface area contributed by atoms with E-state index in [4.69, 9.17) is 10.5 Å². The molecule has 0 saturated heterocycles. The number of hydrogen-bond donors (Lipinski definition) is 2. The van der Waals surface area contributed by atoms with Gasteiger partial charge in [0, 0.05) is 12.0 Å². The molecule has 1 fully saturated rings. The molecular formula is C10H19ClN2O3. The Kier molecular flexibility index (Phi) is 7.08. The van der Waals surface area contributed by atoms with E-state index < -0.39 is 5.97 Å². The maximum Gasteiger partial charge on any atom is 0.325 e. The smallest absolute Gasteiger partial charge is 0.325 e. The summed E-state index contributed by atoms with van der Waals surface area (Å²) in [5.74, 6) is -0.515. The van der Waals surface area contributed by atoms with E-state index in [9.17, 15) is 9.59 Å². The molecule has 94 valence electrons. The molecule has 1 rings (SSSR count). The third-order valence-electron chi connectivity index (χ3n) is 2.56. The molecule has 0 spiro atoms. The Morgan fingerprint density at radius 2 is 2.12 bits per heavy atom. The summed E-state index contributed by atoms with van der Waals surface area (Å²) < 4.78 is 4.70. The minimum atomic E-state index is -0.395. The number of nitrogens with one attached hydrogen (secondary N) is 1. The number of halogens is 1. The Bertz CT molecular complexity index is 248. The first-order valence-electron chi connectivity index (χ1n) is 5.32. The van der Waals surface area contributed by atoms with E-state index in [-0.39, 0.29) is 36.8 Å². The van der Waals surface area contributed by atoms with Gasteiger partial charge in [-0.3, -0.25) is 9.59 Å². The van der Waals surface area contributed by atoms with Crippen molar-refractivity contribution in [1.82, 2.24) is 5.32 Å². The first kappa shape index (κ1) is 15.2. The Labute approximate surface area is 101 Å². The van der Waals surface area contributed by atoms with Crippen LogP contribution in [0.2, 0.25) is 0 Å². The Morgan fingerprint density at radius 3 is 2.62 bits per heavy atom. The molecule has 0 heterocycles. The van der Waals surface area contributed by atoms with Crippen LogP contribution in [0, 0.1) is 5.92 Å². The van der Waals surface area contributed by atoms with Gasteiger partial charge in [-0.2, -0.15) is 0 Å². The molecule has 0 bridgehead atoms. The lowest BCUT2D eigenvalue weighted by molar-refractivity contribution is -0.143. The van der Waals surface area contributed by atoms with Crippen molar-refractivity contribution in [2.24, 2.45) is 11.7 Å². The van der Waals surface area contributed by atoms with E-state index in [1.165, 1.54) is 0 Å². The predicted molar refractivity (Wildman–Crippen MR) is 62.2 cm³/mol. The molecule has 6 heteroatoms. The highest BCUT2D eigenvalue weighted by atomic mass is 35.5. The summed E-state index contributed by atoms with van der Waals surface area (Å²) in [4.78, 5) is 22.5. The maximum absolute atomic E-state index is 11.5. The lowest BCUT2D eigenvalue weighted by Crippen LogP contribution is -2.35. The monoisotopic (exact) mass is 250 g/mol. The van der Waals surface area contributed by atoms with E-state index in [1.807, 2.05) is 0 Å². The third-order valence-corrected chi connectivity index (χ3v) is 2.56. The van der Waals surface area contributed by atoms with Crippen LogP contribution < -0.4 is 11.1 Å². The molecule has 1 saturated carbocycles. The second-order valence-corrected chi connectivity index (χ2v) is 3.79. The van der Waals surface area contributed by atoms with Crippen LogP contribution in [0.3, 0.4) is 0 Å². The molecule has 0 aromatic heterocycles. The normalized spacial score (nSPS) is 23.4. The van der Waals surface area contributed by atoms with Gasteiger partial charge in [0.1, 0.15) is 6.54 Å². The lowest BCUT2D eigenvalue weighted by atomic mass is 10.1. The van der Waals surface area contributed by atoms with Crippen LogP contribution in [0.5, 0.6) is 0 Å². The molecule has 0 aliphatic heterocycles. The molecule has 2 atom stereocenters. The standard InChI is InChI=1S/C10H18N2O3.ClH/c1-2-15-9(13)6-12-10(14)7-3-4-8(11)5-7;/h7-8H,2-6,11H2,1H3,(H,12,14);1H. The minimum Gasteiger partial charge on any atom is -0.465 e. The Morgan fingerprint density at radius 1 is 1.44 bits per heavy atom. The van der Waals surface area contributed by atoms with Crippen molar-refractivity contribution in [2.45, 2.75) is 32.2 Å². The number of rotatable bonds is 4. The van der Waals surface area contributed by atoms with E-state index in [0.717, 1.165) is 12.8 Å². The molecule has 1 amide bonds. The molecular weight excluding hydrogens is 232 g/mol. The topological polar surface area (TPSA) is 81.4 Å². The first-order valence-corrected chi connectivity index (χ1v) is 5.32. The third kappa shape index (κ3) is 4.81. The van der Waals surface area contributed by atoms with Gasteiger partial charge in [0.25, 0.3) is 0 Å². The van der Waals surface area contributed by atoms with E-state index in [0.29, 0.717) is 13.0 Å². The molecule has 1 aliphatic carbocycles. The summed E-state index contributed by atoms with van der Waals surface area (Å²) in [7, 11) is 0. The van der Waals surface area contributed by atoms with Crippen molar-refractivity contribution in [3.8, 4) is 0 Å². The summed E-state index contributed by atoms with van der Waals surface area (Å²) in [6, 6.07) is 0.128. The molecule has 0 aromatic carbocycles. The summed E-state index contributed by atoms with van der Waals surface area (Å²) in [5.41, 5.74) is 5.69. The quantitative estimate of drug-likeness (QED) is 0.699. The average molecular weight is 251 g/mol. The number of carbonyl (C=O) groups excluding carboxylic acids is 2. The summed E-state index contributed by atoms with van der Waals surface area (Å²) >= 11 is 0. The number of nitrogens with two attached hydrogens (primary N) is 1. The van der Waals surface area contributed by atoms with E-state index in [1.54, 1.807) is 6.92 Å². The molecule has 5 nitrogen and oxygen atoms in total. The molecule has 0 radical (unpaired) electrons. The summed E-state index contributed by atoms with van der Waals surface area (Å²) in [6.07, 6.45) is 2.42. The van der Waals surface area contributed by atoms with Crippen molar-refractivity contribution in [3.63, 3.8) is 0 Å². The molecule has 1 aliphatic rings. The minimum absolute atomic E-state index is 0. The van der Waals surface area contributed by atoms with Crippen molar-refractivity contribution >= 4 is 24.3 Å². The van der Waals surface area contributed by atoms with Gasteiger partial charge in [-0.1, -0.05) is 0 Å². The number of hydrogen-bond acceptors (Lipinski definition) is 4. The van der Waals surface area contributed by atoms with E-state index >= 15 is 0 Å². The Balaban J connectivity index is 0.00000225. The van der Waals surface area contributed by atoms with Crippen LogP contribution in [-0.4, -0.2) is 31.1 Å².